The van der Waals surface area contributed by atoms with Crippen LogP contribution in [0, 0.1) is 27.7 Å². The zero-order valence-corrected chi connectivity index (χ0v) is 24.6. The summed E-state index contributed by atoms with van der Waals surface area (Å²) in [6.07, 6.45) is 0. The second-order valence-electron chi connectivity index (χ2n) is 8.31. The van der Waals surface area contributed by atoms with Crippen LogP contribution >= 0.6 is 44.3 Å². The third kappa shape index (κ3) is 7.24. The van der Waals surface area contributed by atoms with Crippen molar-refractivity contribution in [2.75, 3.05) is 48.7 Å². The lowest BCUT2D eigenvalue weighted by Gasteiger charge is -2.30. The zero-order valence-electron chi connectivity index (χ0n) is 21.3. The summed E-state index contributed by atoms with van der Waals surface area (Å²) in [5, 5.41) is 4.16. The molecule has 0 aliphatic carbocycles. The van der Waals surface area contributed by atoms with Gasteiger partial charge in [0.2, 0.25) is 11.8 Å². The summed E-state index contributed by atoms with van der Waals surface area (Å²) in [6.45, 7) is 13.1. The molecular formula is C24H36N2O4S4. The van der Waals surface area contributed by atoms with Gasteiger partial charge in [-0.15, -0.1) is 22.7 Å². The van der Waals surface area contributed by atoms with Crippen LogP contribution < -0.4 is 9.80 Å². The van der Waals surface area contributed by atoms with Crippen LogP contribution in [0.5, 0.6) is 0 Å². The first-order valence-electron chi connectivity index (χ1n) is 11.1. The van der Waals surface area contributed by atoms with Crippen molar-refractivity contribution < 1.29 is 19.1 Å². The van der Waals surface area contributed by atoms with Gasteiger partial charge in [-0.3, -0.25) is 9.59 Å². The number of thiophene rings is 2. The Hall–Kier alpha value is -1.04. The summed E-state index contributed by atoms with van der Waals surface area (Å²) in [5.74, 6) is 0.608. The summed E-state index contributed by atoms with van der Waals surface area (Å²) in [7, 11) is 6.14. The highest BCUT2D eigenvalue weighted by atomic mass is 33.1. The average Bonchev–Trinajstić information content (AvgIpc) is 3.28. The summed E-state index contributed by atoms with van der Waals surface area (Å²) in [4.78, 5) is 32.4. The normalized spacial score (nSPS) is 13.1. The highest BCUT2D eigenvalue weighted by Gasteiger charge is 2.28. The van der Waals surface area contributed by atoms with E-state index in [2.05, 4.69) is 10.8 Å². The Morgan fingerprint density at radius 1 is 0.794 bits per heavy atom. The van der Waals surface area contributed by atoms with Crippen LogP contribution in [-0.2, 0) is 19.1 Å². The van der Waals surface area contributed by atoms with Crippen molar-refractivity contribution in [3.63, 3.8) is 0 Å². The fourth-order valence-electron chi connectivity index (χ4n) is 3.99. The van der Waals surface area contributed by atoms with Gasteiger partial charge in [0.25, 0.3) is 0 Å². The Kier molecular flexibility index (Phi) is 11.9. The van der Waals surface area contributed by atoms with E-state index in [-0.39, 0.29) is 35.4 Å². The largest absolute Gasteiger partial charge is 0.383 e. The van der Waals surface area contributed by atoms with E-state index < -0.39 is 0 Å². The topological polar surface area (TPSA) is 59.1 Å². The van der Waals surface area contributed by atoms with Gasteiger partial charge in [-0.05, 0) is 63.4 Å². The van der Waals surface area contributed by atoms with Crippen LogP contribution in [0.15, 0.2) is 10.8 Å². The minimum absolute atomic E-state index is 0.0215. The van der Waals surface area contributed by atoms with E-state index in [1.807, 2.05) is 51.3 Å². The maximum Gasteiger partial charge on any atom is 0.238 e. The molecule has 2 rings (SSSR count). The Morgan fingerprint density at radius 3 is 1.41 bits per heavy atom. The smallest absolute Gasteiger partial charge is 0.238 e. The minimum Gasteiger partial charge on any atom is -0.383 e. The van der Waals surface area contributed by atoms with E-state index in [4.69, 9.17) is 9.47 Å². The number of aryl methyl sites for hydroxylation is 4. The molecule has 2 heterocycles. The molecule has 2 amide bonds. The van der Waals surface area contributed by atoms with Gasteiger partial charge >= 0.3 is 0 Å². The van der Waals surface area contributed by atoms with E-state index in [0.29, 0.717) is 13.2 Å². The van der Waals surface area contributed by atoms with Crippen molar-refractivity contribution in [2.45, 2.75) is 53.6 Å². The molecule has 0 radical (unpaired) electrons. The van der Waals surface area contributed by atoms with E-state index in [1.165, 1.54) is 21.6 Å². The lowest BCUT2D eigenvalue weighted by molar-refractivity contribution is -0.117. The number of methoxy groups -OCH3 is 2. The molecule has 190 valence electrons. The van der Waals surface area contributed by atoms with E-state index in [9.17, 15) is 9.59 Å². The first kappa shape index (κ1) is 29.2. The minimum atomic E-state index is -0.0772. The maximum atomic E-state index is 13.2. The number of hydrogen-bond donors (Lipinski definition) is 0. The Morgan fingerprint density at radius 2 is 1.15 bits per heavy atom. The zero-order chi connectivity index (χ0) is 25.4. The van der Waals surface area contributed by atoms with Crippen molar-refractivity contribution in [3.05, 3.63) is 31.6 Å². The summed E-state index contributed by atoms with van der Waals surface area (Å²) in [5.41, 5.74) is 4.14. The molecule has 2 unspecified atom stereocenters. The average molecular weight is 545 g/mol. The number of anilines is 2. The second kappa shape index (κ2) is 13.9. The van der Waals surface area contributed by atoms with E-state index in [0.717, 1.165) is 32.3 Å². The number of ether oxygens (including phenoxy) is 2. The first-order chi connectivity index (χ1) is 16.1. The Balaban J connectivity index is 2.05. The van der Waals surface area contributed by atoms with Crippen LogP contribution in [-0.4, -0.2) is 62.8 Å². The van der Waals surface area contributed by atoms with Crippen LogP contribution in [0.3, 0.4) is 0 Å². The van der Waals surface area contributed by atoms with Crippen molar-refractivity contribution in [1.29, 1.82) is 0 Å². The molecule has 0 aliphatic heterocycles. The maximum absolute atomic E-state index is 13.2. The highest BCUT2D eigenvalue weighted by Crippen LogP contribution is 2.35. The third-order valence-electron chi connectivity index (χ3n) is 5.40. The summed E-state index contributed by atoms with van der Waals surface area (Å²) >= 11 is 3.30. The Bertz CT molecular complexity index is 844. The van der Waals surface area contributed by atoms with E-state index >= 15 is 0 Å². The predicted octanol–water partition coefficient (Wildman–Crippen LogP) is 5.86. The lowest BCUT2D eigenvalue weighted by Crippen LogP contribution is -2.43. The van der Waals surface area contributed by atoms with Gasteiger partial charge < -0.3 is 19.3 Å². The SMILES string of the molecule is COCC(C)N(C(=O)CSSCC(=O)N(c1c(C)csc1C)C(C)COC)c1c(C)csc1C. The van der Waals surface area contributed by atoms with Gasteiger partial charge in [-0.25, -0.2) is 0 Å². The number of amides is 2. The van der Waals surface area contributed by atoms with Gasteiger partial charge in [-0.2, -0.15) is 0 Å². The molecule has 34 heavy (non-hydrogen) atoms. The molecule has 6 nitrogen and oxygen atoms in total. The van der Waals surface area contributed by atoms with Crippen molar-refractivity contribution in [3.8, 4) is 0 Å². The molecular weight excluding hydrogens is 509 g/mol. The number of rotatable bonds is 13. The van der Waals surface area contributed by atoms with Gasteiger partial charge in [0.05, 0.1) is 48.2 Å². The lowest BCUT2D eigenvalue weighted by atomic mass is 10.2. The first-order valence-corrected chi connectivity index (χ1v) is 15.3. The molecule has 0 saturated heterocycles. The third-order valence-corrected chi connectivity index (χ3v) is 9.54. The molecule has 10 heteroatoms. The second-order valence-corrected chi connectivity index (χ2v) is 12.9. The van der Waals surface area contributed by atoms with E-state index in [1.54, 1.807) is 36.9 Å². The Labute approximate surface area is 219 Å². The van der Waals surface area contributed by atoms with Crippen LogP contribution in [0.2, 0.25) is 0 Å². The predicted molar refractivity (Wildman–Crippen MR) is 150 cm³/mol. The van der Waals surface area contributed by atoms with Crippen LogP contribution in [0.4, 0.5) is 11.4 Å². The van der Waals surface area contributed by atoms with Gasteiger partial charge in [0.15, 0.2) is 0 Å². The summed E-state index contributed by atoms with van der Waals surface area (Å²) in [6, 6.07) is -0.154. The van der Waals surface area contributed by atoms with Crippen molar-refractivity contribution >= 4 is 67.5 Å². The number of carbonyl (C=O) groups excluding carboxylic acids is 2. The number of hydrogen-bond acceptors (Lipinski definition) is 8. The fraction of sp³-hybridized carbons (Fsp3) is 0.583. The molecule has 0 fully saturated rings. The summed E-state index contributed by atoms with van der Waals surface area (Å²) < 4.78 is 10.7. The molecule has 0 bridgehead atoms. The standard InChI is InChI=1S/C24H36N2O4S4/c1-15-11-31-19(5)23(15)25(17(3)9-29-7)21(27)13-33-34-14-22(28)26(18(4)10-30-8)24-16(2)12-32-20(24)6/h11-12,17-18H,9-10,13-14H2,1-8H3. The van der Waals surface area contributed by atoms with Gasteiger partial charge in [0.1, 0.15) is 0 Å². The quantitative estimate of drug-likeness (QED) is 0.233. The van der Waals surface area contributed by atoms with Crippen molar-refractivity contribution in [1.82, 2.24) is 0 Å². The molecule has 0 spiro atoms. The number of carbonyl (C=O) groups is 2. The molecule has 2 aromatic heterocycles. The van der Waals surface area contributed by atoms with Crippen molar-refractivity contribution in [2.24, 2.45) is 0 Å². The molecule has 0 saturated carbocycles. The molecule has 0 aromatic carbocycles. The molecule has 0 N–H and O–H groups in total. The van der Waals surface area contributed by atoms with Gasteiger partial charge in [-0.1, -0.05) is 21.6 Å². The van der Waals surface area contributed by atoms with Gasteiger partial charge in [0, 0.05) is 24.0 Å². The van der Waals surface area contributed by atoms with Crippen LogP contribution in [0.1, 0.15) is 34.7 Å². The molecule has 2 atom stereocenters. The number of nitrogens with zero attached hydrogens (tertiary/aromatic N) is 2. The monoisotopic (exact) mass is 544 g/mol. The van der Waals surface area contributed by atoms with Crippen LogP contribution in [0.25, 0.3) is 0 Å². The molecule has 0 aliphatic rings. The molecule has 2 aromatic rings. The fourth-order valence-corrected chi connectivity index (χ4v) is 7.41. The highest BCUT2D eigenvalue weighted by molar-refractivity contribution is 8.77.